The molecule has 0 aliphatic carbocycles. The number of nitrogens with zero attached hydrogens (tertiary/aromatic N) is 1. The van der Waals surface area contributed by atoms with Gasteiger partial charge in [0.1, 0.15) is 0 Å². The summed E-state index contributed by atoms with van der Waals surface area (Å²) in [5.41, 5.74) is 13.9. The fourth-order valence-corrected chi connectivity index (χ4v) is 3.26. The van der Waals surface area contributed by atoms with Crippen LogP contribution >= 0.6 is 0 Å². The zero-order valence-electron chi connectivity index (χ0n) is 12.8. The molecule has 1 heterocycles. The predicted octanol–water partition coefficient (Wildman–Crippen LogP) is 4.33. The van der Waals surface area contributed by atoms with E-state index in [1.165, 1.54) is 33.6 Å². The van der Waals surface area contributed by atoms with E-state index in [9.17, 15) is 0 Å². The molecule has 0 atom stereocenters. The summed E-state index contributed by atoms with van der Waals surface area (Å²) in [5.74, 6) is 0. The zero-order valence-corrected chi connectivity index (χ0v) is 12.8. The van der Waals surface area contributed by atoms with E-state index in [2.05, 4.69) is 67.4 Å². The Bertz CT molecular complexity index is 636. The molecule has 0 radical (unpaired) electrons. The van der Waals surface area contributed by atoms with Crippen LogP contribution in [0.4, 0.5) is 11.4 Å². The lowest BCUT2D eigenvalue weighted by molar-refractivity contribution is 0.896. The highest BCUT2D eigenvalue weighted by molar-refractivity contribution is 5.98. The number of hydrogen-bond donors (Lipinski definition) is 1. The molecule has 0 saturated heterocycles. The molecule has 0 fully saturated rings. The molecule has 0 aromatic heterocycles. The summed E-state index contributed by atoms with van der Waals surface area (Å²) in [5, 5.41) is 0. The van der Waals surface area contributed by atoms with Crippen molar-refractivity contribution in [1.82, 2.24) is 0 Å². The van der Waals surface area contributed by atoms with Gasteiger partial charge in [-0.3, -0.25) is 0 Å². The van der Waals surface area contributed by atoms with Crippen molar-refractivity contribution in [3.63, 3.8) is 0 Å². The summed E-state index contributed by atoms with van der Waals surface area (Å²) in [6.45, 7) is 2.92. The van der Waals surface area contributed by atoms with Gasteiger partial charge < -0.3 is 10.6 Å². The van der Waals surface area contributed by atoms with Crippen molar-refractivity contribution >= 4 is 16.9 Å². The zero-order chi connectivity index (χ0) is 14.8. The van der Waals surface area contributed by atoms with Crippen molar-refractivity contribution in [2.24, 2.45) is 5.73 Å². The van der Waals surface area contributed by atoms with Gasteiger partial charge in [-0.05, 0) is 37.1 Å². The van der Waals surface area contributed by atoms with Crippen LogP contribution in [-0.4, -0.2) is 13.6 Å². The maximum absolute atomic E-state index is 5.83. The van der Waals surface area contributed by atoms with E-state index in [0.29, 0.717) is 6.54 Å². The first kappa shape index (κ1) is 13.9. The molecule has 0 amide bonds. The summed E-state index contributed by atoms with van der Waals surface area (Å²) in [6, 6.07) is 17.3. The van der Waals surface area contributed by atoms with Gasteiger partial charge in [0.25, 0.3) is 0 Å². The molecule has 0 saturated carbocycles. The summed E-state index contributed by atoms with van der Waals surface area (Å²) in [6.07, 6.45) is 2.00. The number of benzene rings is 2. The van der Waals surface area contributed by atoms with Crippen LogP contribution in [0.5, 0.6) is 0 Å². The molecular formula is C19H22N2. The Balaban J connectivity index is 2.32. The first-order valence-corrected chi connectivity index (χ1v) is 7.62. The fraction of sp³-hybridized carbons (Fsp3) is 0.263. The van der Waals surface area contributed by atoms with Crippen molar-refractivity contribution in [3.8, 4) is 0 Å². The summed E-state index contributed by atoms with van der Waals surface area (Å²) in [7, 11) is 2.14. The second kappa shape index (κ2) is 5.74. The molecule has 2 nitrogen and oxygen atoms in total. The first-order chi connectivity index (χ1) is 10.3. The standard InChI is InChI=1S/C19H22N2/c1-3-14(12-13-20)19-15-8-4-6-10-17(15)21(2)18-11-7-5-9-16(18)19/h4-11H,3,12-13,20H2,1-2H3. The van der Waals surface area contributed by atoms with Crippen molar-refractivity contribution in [1.29, 1.82) is 0 Å². The number of fused-ring (bicyclic) bond motifs is 2. The second-order valence-electron chi connectivity index (χ2n) is 5.46. The summed E-state index contributed by atoms with van der Waals surface area (Å²) in [4.78, 5) is 2.28. The number of anilines is 2. The maximum atomic E-state index is 5.83. The third kappa shape index (κ3) is 2.26. The third-order valence-electron chi connectivity index (χ3n) is 4.30. The van der Waals surface area contributed by atoms with Crippen LogP contribution in [0.25, 0.3) is 5.57 Å². The van der Waals surface area contributed by atoms with E-state index in [-0.39, 0.29) is 0 Å². The summed E-state index contributed by atoms with van der Waals surface area (Å²) >= 11 is 0. The highest BCUT2D eigenvalue weighted by Gasteiger charge is 2.25. The monoisotopic (exact) mass is 278 g/mol. The molecule has 3 rings (SSSR count). The van der Waals surface area contributed by atoms with Gasteiger partial charge >= 0.3 is 0 Å². The Hall–Kier alpha value is -2.06. The molecule has 2 aromatic carbocycles. The Morgan fingerprint density at radius 1 is 0.952 bits per heavy atom. The maximum Gasteiger partial charge on any atom is 0.0488 e. The molecule has 0 spiro atoms. The SMILES string of the molecule is CCC(CCN)=C1c2ccccc2N(C)c2ccccc21. The average molecular weight is 278 g/mol. The molecule has 0 unspecified atom stereocenters. The molecule has 2 aromatic rings. The van der Waals surface area contributed by atoms with Gasteiger partial charge in [-0.2, -0.15) is 0 Å². The molecule has 0 bridgehead atoms. The van der Waals surface area contributed by atoms with Gasteiger partial charge in [0.15, 0.2) is 0 Å². The summed E-state index contributed by atoms with van der Waals surface area (Å²) < 4.78 is 0. The smallest absolute Gasteiger partial charge is 0.0488 e. The second-order valence-corrected chi connectivity index (χ2v) is 5.46. The molecule has 108 valence electrons. The van der Waals surface area contributed by atoms with Crippen LogP contribution in [0.15, 0.2) is 54.1 Å². The van der Waals surface area contributed by atoms with Crippen LogP contribution in [0.2, 0.25) is 0 Å². The Kier molecular flexibility index (Phi) is 3.80. The van der Waals surface area contributed by atoms with Gasteiger partial charge in [-0.15, -0.1) is 0 Å². The van der Waals surface area contributed by atoms with Crippen LogP contribution in [0, 0.1) is 0 Å². The van der Waals surface area contributed by atoms with Crippen molar-refractivity contribution in [2.75, 3.05) is 18.5 Å². The molecule has 1 aliphatic heterocycles. The number of para-hydroxylation sites is 2. The third-order valence-corrected chi connectivity index (χ3v) is 4.30. The predicted molar refractivity (Wildman–Crippen MR) is 90.9 cm³/mol. The Labute approximate surface area is 126 Å². The van der Waals surface area contributed by atoms with Crippen LogP contribution in [-0.2, 0) is 0 Å². The average Bonchev–Trinajstić information content (AvgIpc) is 2.54. The van der Waals surface area contributed by atoms with E-state index < -0.39 is 0 Å². The largest absolute Gasteiger partial charge is 0.344 e. The van der Waals surface area contributed by atoms with Crippen molar-refractivity contribution < 1.29 is 0 Å². The normalized spacial score (nSPS) is 12.9. The molecule has 1 aliphatic rings. The molecular weight excluding hydrogens is 256 g/mol. The van der Waals surface area contributed by atoms with Gasteiger partial charge in [-0.25, -0.2) is 0 Å². The van der Waals surface area contributed by atoms with Gasteiger partial charge in [0.05, 0.1) is 0 Å². The topological polar surface area (TPSA) is 29.3 Å². The minimum atomic E-state index is 0.701. The van der Waals surface area contributed by atoms with E-state index in [4.69, 9.17) is 5.73 Å². The lowest BCUT2D eigenvalue weighted by atomic mass is 9.85. The van der Waals surface area contributed by atoms with Crippen molar-refractivity contribution in [3.05, 3.63) is 65.2 Å². The minimum Gasteiger partial charge on any atom is -0.344 e. The molecule has 2 heteroatoms. The minimum absolute atomic E-state index is 0.701. The number of nitrogens with two attached hydrogens (primary N) is 1. The molecule has 21 heavy (non-hydrogen) atoms. The quantitative estimate of drug-likeness (QED) is 0.905. The van der Waals surface area contributed by atoms with Gasteiger partial charge in [0, 0.05) is 29.5 Å². The lowest BCUT2D eigenvalue weighted by Crippen LogP contribution is -2.19. The van der Waals surface area contributed by atoms with E-state index in [0.717, 1.165) is 12.8 Å². The fourth-order valence-electron chi connectivity index (χ4n) is 3.26. The highest BCUT2D eigenvalue weighted by atomic mass is 15.1. The van der Waals surface area contributed by atoms with Crippen LogP contribution < -0.4 is 10.6 Å². The van der Waals surface area contributed by atoms with Crippen molar-refractivity contribution in [2.45, 2.75) is 19.8 Å². The van der Waals surface area contributed by atoms with E-state index >= 15 is 0 Å². The van der Waals surface area contributed by atoms with Crippen LogP contribution in [0.3, 0.4) is 0 Å². The number of rotatable bonds is 3. The Morgan fingerprint density at radius 3 is 1.95 bits per heavy atom. The van der Waals surface area contributed by atoms with Gasteiger partial charge in [-0.1, -0.05) is 48.9 Å². The van der Waals surface area contributed by atoms with E-state index in [1.54, 1.807) is 0 Å². The Morgan fingerprint density at radius 2 is 1.48 bits per heavy atom. The van der Waals surface area contributed by atoms with E-state index in [1.807, 2.05) is 0 Å². The van der Waals surface area contributed by atoms with Gasteiger partial charge in [0.2, 0.25) is 0 Å². The highest BCUT2D eigenvalue weighted by Crippen LogP contribution is 2.45. The first-order valence-electron chi connectivity index (χ1n) is 7.62. The lowest BCUT2D eigenvalue weighted by Gasteiger charge is -2.33. The van der Waals surface area contributed by atoms with Crippen LogP contribution in [0.1, 0.15) is 30.9 Å². The number of hydrogen-bond acceptors (Lipinski definition) is 2. The molecule has 2 N–H and O–H groups in total.